The molecule has 6 heteroatoms. The minimum atomic E-state index is -1.24. The van der Waals surface area contributed by atoms with E-state index in [2.05, 4.69) is 18.2 Å². The van der Waals surface area contributed by atoms with Crippen molar-refractivity contribution >= 4 is 11.5 Å². The second-order valence-electron chi connectivity index (χ2n) is 8.73. The van der Waals surface area contributed by atoms with E-state index in [-0.39, 0.29) is 35.5 Å². The number of oxazole rings is 1. The zero-order valence-corrected chi connectivity index (χ0v) is 22.4. The number of carboxylic acids is 1. The number of rotatable bonds is 8. The van der Waals surface area contributed by atoms with Gasteiger partial charge in [0.2, 0.25) is 5.89 Å². The molecule has 5 rings (SSSR count). The van der Waals surface area contributed by atoms with E-state index < -0.39 is 12.6 Å². The maximum absolute atomic E-state index is 10.7. The van der Waals surface area contributed by atoms with Gasteiger partial charge in [0, 0.05) is 16.7 Å². The molecule has 5 nitrogen and oxygen atoms in total. The standard InChI is InChI=1S/C30H27NO4.Na/c32-27(33)20-34-25-16-9-10-21(19-25)18-24-15-7-8-17-26(24)30-31-28(22-11-3-1-4-12-22)29(35-30)23-13-5-2-6-14-23;/h1-6,9-14,16-17,19,24H,7-8,15,18,20H2,(H,32,33);/q;+1/p-1/t24-;/m0./s1. The van der Waals surface area contributed by atoms with Gasteiger partial charge >= 0.3 is 29.6 Å². The Hall–Kier alpha value is -3.12. The molecule has 0 saturated carbocycles. The van der Waals surface area contributed by atoms with E-state index in [1.807, 2.05) is 66.7 Å². The number of carbonyl (C=O) groups excluding carboxylic acids is 1. The number of aliphatic carboxylic acids is 1. The van der Waals surface area contributed by atoms with Crippen molar-refractivity contribution in [3.8, 4) is 28.3 Å². The van der Waals surface area contributed by atoms with Crippen molar-refractivity contribution in [1.82, 2.24) is 4.98 Å². The Morgan fingerprint density at radius 2 is 1.69 bits per heavy atom. The third-order valence-electron chi connectivity index (χ3n) is 6.26. The second kappa shape index (κ2) is 12.2. The zero-order chi connectivity index (χ0) is 24.0. The van der Waals surface area contributed by atoms with Gasteiger partial charge in [0.1, 0.15) is 18.1 Å². The number of hydrogen-bond acceptors (Lipinski definition) is 5. The summed E-state index contributed by atoms with van der Waals surface area (Å²) >= 11 is 0. The van der Waals surface area contributed by atoms with Gasteiger partial charge in [-0.3, -0.25) is 0 Å². The van der Waals surface area contributed by atoms with Crippen molar-refractivity contribution in [3.63, 3.8) is 0 Å². The van der Waals surface area contributed by atoms with E-state index in [1.54, 1.807) is 6.07 Å². The van der Waals surface area contributed by atoms with Crippen LogP contribution in [0.4, 0.5) is 0 Å². The van der Waals surface area contributed by atoms with Gasteiger partial charge < -0.3 is 19.1 Å². The maximum atomic E-state index is 10.7. The molecular formula is C30H26NNaO4. The van der Waals surface area contributed by atoms with Crippen molar-refractivity contribution in [2.75, 3.05) is 6.61 Å². The van der Waals surface area contributed by atoms with Crippen LogP contribution in [-0.4, -0.2) is 17.6 Å². The van der Waals surface area contributed by atoms with Crippen LogP contribution >= 0.6 is 0 Å². The van der Waals surface area contributed by atoms with Crippen LogP contribution in [0.2, 0.25) is 0 Å². The molecular weight excluding hydrogens is 461 g/mol. The van der Waals surface area contributed by atoms with Gasteiger partial charge in [-0.2, -0.15) is 0 Å². The Balaban J connectivity index is 0.00000304. The van der Waals surface area contributed by atoms with Crippen molar-refractivity contribution < 1.29 is 48.6 Å². The molecule has 0 saturated heterocycles. The van der Waals surface area contributed by atoms with Crippen LogP contribution < -0.4 is 39.4 Å². The van der Waals surface area contributed by atoms with E-state index >= 15 is 0 Å². The van der Waals surface area contributed by atoms with E-state index in [4.69, 9.17) is 14.1 Å². The van der Waals surface area contributed by atoms with Crippen LogP contribution in [0, 0.1) is 5.92 Å². The van der Waals surface area contributed by atoms with Crippen LogP contribution in [-0.2, 0) is 11.2 Å². The smallest absolute Gasteiger partial charge is 0.546 e. The summed E-state index contributed by atoms with van der Waals surface area (Å²) in [5.74, 6) is 0.972. The largest absolute Gasteiger partial charge is 1.00 e. The van der Waals surface area contributed by atoms with Gasteiger partial charge in [-0.1, -0.05) is 78.9 Å². The summed E-state index contributed by atoms with van der Waals surface area (Å²) in [6.07, 6.45) is 6.16. The predicted octanol–water partition coefficient (Wildman–Crippen LogP) is 2.57. The molecule has 1 aromatic heterocycles. The summed E-state index contributed by atoms with van der Waals surface area (Å²) in [5, 5.41) is 10.7. The summed E-state index contributed by atoms with van der Waals surface area (Å²) < 4.78 is 11.8. The molecule has 1 atom stereocenters. The molecule has 4 aromatic rings. The van der Waals surface area contributed by atoms with Gasteiger partial charge in [-0.25, -0.2) is 4.98 Å². The topological polar surface area (TPSA) is 75.4 Å². The fourth-order valence-electron chi connectivity index (χ4n) is 4.63. The molecule has 0 radical (unpaired) electrons. The average Bonchev–Trinajstić information content (AvgIpc) is 3.34. The maximum Gasteiger partial charge on any atom is 1.00 e. The Labute approximate surface area is 233 Å². The predicted molar refractivity (Wildman–Crippen MR) is 133 cm³/mol. The SMILES string of the molecule is O=C([O-])COc1cccc(C[C@@H]2CCCC=C2c2nc(-c3ccccc3)c(-c3ccccc3)o2)c1.[Na+]. The van der Waals surface area contributed by atoms with E-state index in [0.717, 1.165) is 59.4 Å². The van der Waals surface area contributed by atoms with E-state index in [1.165, 1.54) is 0 Å². The quantitative estimate of drug-likeness (QED) is 0.357. The third-order valence-corrected chi connectivity index (χ3v) is 6.26. The second-order valence-corrected chi connectivity index (χ2v) is 8.73. The fraction of sp³-hybridized carbons (Fsp3) is 0.200. The Morgan fingerprint density at radius 3 is 2.42 bits per heavy atom. The molecule has 0 unspecified atom stereocenters. The van der Waals surface area contributed by atoms with Gasteiger partial charge in [-0.15, -0.1) is 0 Å². The van der Waals surface area contributed by atoms with Gasteiger partial charge in [0.25, 0.3) is 0 Å². The van der Waals surface area contributed by atoms with Gasteiger partial charge in [0.15, 0.2) is 5.76 Å². The number of aromatic nitrogens is 1. The summed E-state index contributed by atoms with van der Waals surface area (Å²) in [6, 6.07) is 27.8. The number of carbonyl (C=O) groups is 1. The number of allylic oxidation sites excluding steroid dienone is 2. The fourth-order valence-corrected chi connectivity index (χ4v) is 4.63. The van der Waals surface area contributed by atoms with E-state index in [0.29, 0.717) is 11.6 Å². The Bertz CT molecular complexity index is 1270. The molecule has 0 spiro atoms. The molecule has 0 aliphatic heterocycles. The summed E-state index contributed by atoms with van der Waals surface area (Å²) in [5.41, 5.74) is 5.06. The number of ether oxygens (including phenoxy) is 1. The molecule has 1 heterocycles. The minimum absolute atomic E-state index is 0. The number of benzene rings is 3. The van der Waals surface area contributed by atoms with Crippen molar-refractivity contribution in [1.29, 1.82) is 0 Å². The first-order valence-corrected chi connectivity index (χ1v) is 11.9. The molecule has 0 bridgehead atoms. The van der Waals surface area contributed by atoms with Gasteiger partial charge in [-0.05, 0) is 49.3 Å². The molecule has 3 aromatic carbocycles. The Kier molecular flexibility index (Phi) is 8.81. The molecule has 176 valence electrons. The zero-order valence-electron chi connectivity index (χ0n) is 20.4. The molecule has 0 amide bonds. The number of hydrogen-bond donors (Lipinski definition) is 0. The summed E-state index contributed by atoms with van der Waals surface area (Å²) in [7, 11) is 0. The third kappa shape index (κ3) is 6.16. The molecule has 1 aliphatic carbocycles. The number of carboxylic acid groups (broad SMARTS) is 1. The number of nitrogens with zero attached hydrogens (tertiary/aromatic N) is 1. The van der Waals surface area contributed by atoms with Crippen LogP contribution in [0.5, 0.6) is 5.75 Å². The van der Waals surface area contributed by atoms with Crippen LogP contribution in [0.25, 0.3) is 28.2 Å². The minimum Gasteiger partial charge on any atom is -0.546 e. The summed E-state index contributed by atoms with van der Waals surface area (Å²) in [4.78, 5) is 15.8. The first kappa shape index (κ1) is 26.0. The van der Waals surface area contributed by atoms with Crippen LogP contribution in [0.1, 0.15) is 30.7 Å². The molecule has 36 heavy (non-hydrogen) atoms. The van der Waals surface area contributed by atoms with Crippen molar-refractivity contribution in [3.05, 3.63) is 102 Å². The monoisotopic (exact) mass is 487 g/mol. The first-order valence-electron chi connectivity index (χ1n) is 11.9. The molecule has 1 aliphatic rings. The summed E-state index contributed by atoms with van der Waals surface area (Å²) in [6.45, 7) is -0.459. The first-order chi connectivity index (χ1) is 17.2. The van der Waals surface area contributed by atoms with Crippen molar-refractivity contribution in [2.45, 2.75) is 25.7 Å². The molecule has 0 N–H and O–H groups in total. The van der Waals surface area contributed by atoms with Gasteiger partial charge in [0.05, 0.1) is 5.97 Å². The average molecular weight is 488 g/mol. The normalized spacial score (nSPS) is 15.0. The van der Waals surface area contributed by atoms with Crippen LogP contribution in [0.3, 0.4) is 0 Å². The van der Waals surface area contributed by atoms with Crippen LogP contribution in [0.15, 0.2) is 95.4 Å². The van der Waals surface area contributed by atoms with E-state index in [9.17, 15) is 9.90 Å². The molecule has 0 fully saturated rings. The van der Waals surface area contributed by atoms with Crippen molar-refractivity contribution in [2.24, 2.45) is 5.92 Å². The Morgan fingerprint density at radius 1 is 0.972 bits per heavy atom.